The number of hydrogen-bond donors (Lipinski definition) is 1. The van der Waals surface area contributed by atoms with Crippen LogP contribution < -0.4 is 0 Å². The Morgan fingerprint density at radius 3 is 2.39 bits per heavy atom. The van der Waals surface area contributed by atoms with Gasteiger partial charge < -0.3 is 5.11 Å². The Labute approximate surface area is 111 Å². The van der Waals surface area contributed by atoms with Gasteiger partial charge in [-0.2, -0.15) is 0 Å². The molecule has 2 rings (SSSR count). The molecule has 0 aliphatic carbocycles. The van der Waals surface area contributed by atoms with Crippen LogP contribution in [0.4, 0.5) is 0 Å². The first-order chi connectivity index (χ1) is 8.43. The molecule has 0 amide bonds. The summed E-state index contributed by atoms with van der Waals surface area (Å²) in [6.07, 6.45) is 2.09. The number of benzene rings is 1. The molecule has 18 heavy (non-hydrogen) atoms. The molecule has 0 radical (unpaired) electrons. The van der Waals surface area contributed by atoms with Crippen LogP contribution in [0.15, 0.2) is 18.2 Å². The summed E-state index contributed by atoms with van der Waals surface area (Å²) in [5, 5.41) is 10.8. The molecule has 1 aromatic rings. The number of hydrogen-bond acceptors (Lipinski definition) is 2. The van der Waals surface area contributed by atoms with Gasteiger partial charge in [0.1, 0.15) is 0 Å². The van der Waals surface area contributed by atoms with E-state index in [0.717, 1.165) is 18.7 Å². The molecule has 2 nitrogen and oxygen atoms in total. The van der Waals surface area contributed by atoms with Gasteiger partial charge in [0, 0.05) is 5.54 Å². The van der Waals surface area contributed by atoms with E-state index in [1.807, 2.05) is 0 Å². The lowest BCUT2D eigenvalue weighted by Crippen LogP contribution is -2.47. The molecule has 100 valence electrons. The minimum absolute atomic E-state index is 0.185. The topological polar surface area (TPSA) is 23.5 Å². The van der Waals surface area contributed by atoms with Gasteiger partial charge >= 0.3 is 0 Å². The number of nitrogens with zero attached hydrogens (tertiary/aromatic N) is 1. The first-order valence-electron chi connectivity index (χ1n) is 6.93. The maximum atomic E-state index is 10.8. The molecule has 0 bridgehead atoms. The van der Waals surface area contributed by atoms with Crippen LogP contribution in [0.1, 0.15) is 49.5 Å². The van der Waals surface area contributed by atoms with E-state index in [1.165, 1.54) is 24.0 Å². The lowest BCUT2D eigenvalue weighted by molar-refractivity contribution is 0.000945. The lowest BCUT2D eigenvalue weighted by atomic mass is 9.87. The van der Waals surface area contributed by atoms with Gasteiger partial charge in [-0.3, -0.25) is 4.90 Å². The smallest absolute Gasteiger partial charge is 0.0970 e. The van der Waals surface area contributed by atoms with E-state index in [1.54, 1.807) is 0 Å². The van der Waals surface area contributed by atoms with Crippen LogP contribution in [0.25, 0.3) is 0 Å². The number of aliphatic hydroxyl groups excluding tert-OH is 1. The van der Waals surface area contributed by atoms with E-state index in [0.29, 0.717) is 0 Å². The maximum absolute atomic E-state index is 10.8. The van der Waals surface area contributed by atoms with Crippen LogP contribution >= 0.6 is 0 Å². The van der Waals surface area contributed by atoms with Crippen LogP contribution in [-0.4, -0.2) is 28.6 Å². The molecular formula is C16H25NO. The second kappa shape index (κ2) is 5.02. The molecule has 0 spiro atoms. The summed E-state index contributed by atoms with van der Waals surface area (Å²) >= 11 is 0. The molecule has 1 atom stereocenters. The van der Waals surface area contributed by atoms with Crippen molar-refractivity contribution >= 4 is 0 Å². The molecule has 1 fully saturated rings. The standard InChI is InChI=1S/C16H25NO/c1-12-7-8-13(2)14(11-12)15(18)16(3,4)17-9-5-6-10-17/h7-8,11,15,18H,5-6,9-10H2,1-4H3. The third kappa shape index (κ3) is 2.45. The quantitative estimate of drug-likeness (QED) is 0.886. The van der Waals surface area contributed by atoms with Gasteiger partial charge in [-0.15, -0.1) is 0 Å². The van der Waals surface area contributed by atoms with E-state index in [9.17, 15) is 5.11 Å². The van der Waals surface area contributed by atoms with Crippen LogP contribution in [-0.2, 0) is 0 Å². The van der Waals surface area contributed by atoms with E-state index in [4.69, 9.17) is 0 Å². The molecule has 1 heterocycles. The van der Waals surface area contributed by atoms with E-state index < -0.39 is 6.10 Å². The second-order valence-electron chi connectivity index (χ2n) is 6.11. The Kier molecular flexibility index (Phi) is 3.79. The highest BCUT2D eigenvalue weighted by Gasteiger charge is 2.37. The zero-order valence-electron chi connectivity index (χ0n) is 12.0. The summed E-state index contributed by atoms with van der Waals surface area (Å²) in [6.45, 7) is 10.7. The Bertz CT molecular complexity index is 419. The zero-order valence-corrected chi connectivity index (χ0v) is 12.0. The number of rotatable bonds is 3. The summed E-state index contributed by atoms with van der Waals surface area (Å²) in [7, 11) is 0. The van der Waals surface area contributed by atoms with Crippen molar-refractivity contribution in [3.63, 3.8) is 0 Å². The van der Waals surface area contributed by atoms with Crippen LogP contribution in [0.2, 0.25) is 0 Å². The summed E-state index contributed by atoms with van der Waals surface area (Å²) in [4.78, 5) is 2.42. The van der Waals surface area contributed by atoms with Gasteiger partial charge in [0.25, 0.3) is 0 Å². The van der Waals surface area contributed by atoms with Gasteiger partial charge in [0.15, 0.2) is 0 Å². The first kappa shape index (κ1) is 13.6. The number of aliphatic hydroxyl groups is 1. The van der Waals surface area contributed by atoms with Crippen molar-refractivity contribution in [3.05, 3.63) is 34.9 Å². The van der Waals surface area contributed by atoms with E-state index >= 15 is 0 Å². The highest BCUT2D eigenvalue weighted by molar-refractivity contribution is 5.33. The van der Waals surface area contributed by atoms with Gasteiger partial charge in [-0.25, -0.2) is 0 Å². The number of aryl methyl sites for hydroxylation is 2. The number of likely N-dealkylation sites (tertiary alicyclic amines) is 1. The molecule has 1 saturated heterocycles. The van der Waals surface area contributed by atoms with Gasteiger partial charge in [0.05, 0.1) is 6.10 Å². The first-order valence-corrected chi connectivity index (χ1v) is 6.93. The Morgan fingerprint density at radius 1 is 1.17 bits per heavy atom. The van der Waals surface area contributed by atoms with Crippen molar-refractivity contribution in [2.75, 3.05) is 13.1 Å². The van der Waals surface area contributed by atoms with E-state index in [-0.39, 0.29) is 5.54 Å². The van der Waals surface area contributed by atoms with E-state index in [2.05, 4.69) is 50.8 Å². The Hall–Kier alpha value is -0.860. The summed E-state index contributed by atoms with van der Waals surface area (Å²) < 4.78 is 0. The van der Waals surface area contributed by atoms with Crippen molar-refractivity contribution in [2.45, 2.75) is 52.2 Å². The summed E-state index contributed by atoms with van der Waals surface area (Å²) in [5.74, 6) is 0. The second-order valence-corrected chi connectivity index (χ2v) is 6.11. The van der Waals surface area contributed by atoms with Gasteiger partial charge in [0.2, 0.25) is 0 Å². The van der Waals surface area contributed by atoms with Gasteiger partial charge in [-0.05, 0) is 64.8 Å². The van der Waals surface area contributed by atoms with Crippen LogP contribution in [0.3, 0.4) is 0 Å². The van der Waals surface area contributed by atoms with Crippen molar-refractivity contribution < 1.29 is 5.11 Å². The van der Waals surface area contributed by atoms with Crippen molar-refractivity contribution in [2.24, 2.45) is 0 Å². The minimum atomic E-state index is -0.421. The third-order valence-corrected chi connectivity index (χ3v) is 4.32. The molecule has 1 N–H and O–H groups in total. The molecule has 1 aliphatic rings. The molecule has 1 aromatic carbocycles. The summed E-state index contributed by atoms with van der Waals surface area (Å²) in [5.41, 5.74) is 3.29. The lowest BCUT2D eigenvalue weighted by Gasteiger charge is -2.40. The van der Waals surface area contributed by atoms with Crippen molar-refractivity contribution in [1.82, 2.24) is 4.90 Å². The van der Waals surface area contributed by atoms with Crippen molar-refractivity contribution in [3.8, 4) is 0 Å². The molecule has 1 aliphatic heterocycles. The SMILES string of the molecule is Cc1ccc(C)c(C(O)C(C)(C)N2CCCC2)c1. The fraction of sp³-hybridized carbons (Fsp3) is 0.625. The Balaban J connectivity index is 2.28. The van der Waals surface area contributed by atoms with Crippen LogP contribution in [0, 0.1) is 13.8 Å². The predicted molar refractivity (Wildman–Crippen MR) is 75.8 cm³/mol. The normalized spacial score (nSPS) is 19.2. The summed E-state index contributed by atoms with van der Waals surface area (Å²) in [6, 6.07) is 6.33. The van der Waals surface area contributed by atoms with Crippen LogP contribution in [0.5, 0.6) is 0 Å². The molecule has 0 saturated carbocycles. The maximum Gasteiger partial charge on any atom is 0.0970 e. The third-order valence-electron chi connectivity index (χ3n) is 4.32. The minimum Gasteiger partial charge on any atom is -0.386 e. The Morgan fingerprint density at radius 2 is 1.78 bits per heavy atom. The molecule has 0 aromatic heterocycles. The molecule has 1 unspecified atom stereocenters. The highest BCUT2D eigenvalue weighted by atomic mass is 16.3. The van der Waals surface area contributed by atoms with Crippen molar-refractivity contribution in [1.29, 1.82) is 0 Å². The monoisotopic (exact) mass is 247 g/mol. The molecular weight excluding hydrogens is 222 g/mol. The largest absolute Gasteiger partial charge is 0.386 e. The average Bonchev–Trinajstić information content (AvgIpc) is 2.85. The predicted octanol–water partition coefficient (Wildman–Crippen LogP) is 3.21. The molecule has 2 heteroatoms. The highest BCUT2D eigenvalue weighted by Crippen LogP contribution is 2.35. The zero-order chi connectivity index (χ0) is 13.3. The fourth-order valence-electron chi connectivity index (χ4n) is 2.90. The fourth-order valence-corrected chi connectivity index (χ4v) is 2.90. The van der Waals surface area contributed by atoms with Gasteiger partial charge in [-0.1, -0.05) is 23.8 Å². The average molecular weight is 247 g/mol.